The first kappa shape index (κ1) is 15.2. The standard InChI is InChI=1S/C16H17FN4O2/c1-11-18-10-12(15(22)19-11)16(23)21-8-6-20(7-9-21)14-5-3-2-4-13(14)17/h2-5,10H,6-9H2,1H3,(H,18,19,22). The van der Waals surface area contributed by atoms with Crippen molar-refractivity contribution in [2.75, 3.05) is 31.1 Å². The number of amides is 1. The zero-order chi connectivity index (χ0) is 16.4. The van der Waals surface area contributed by atoms with Gasteiger partial charge in [0.1, 0.15) is 17.2 Å². The van der Waals surface area contributed by atoms with Crippen LogP contribution >= 0.6 is 0 Å². The number of benzene rings is 1. The zero-order valence-electron chi connectivity index (χ0n) is 12.8. The Balaban J connectivity index is 1.70. The van der Waals surface area contributed by atoms with Gasteiger partial charge in [0, 0.05) is 32.4 Å². The maximum absolute atomic E-state index is 13.8. The molecule has 6 nitrogen and oxygen atoms in total. The zero-order valence-corrected chi connectivity index (χ0v) is 12.8. The molecule has 1 aliphatic heterocycles. The Kier molecular flexibility index (Phi) is 4.10. The maximum Gasteiger partial charge on any atom is 0.263 e. The lowest BCUT2D eigenvalue weighted by atomic mass is 10.2. The van der Waals surface area contributed by atoms with Crippen LogP contribution in [0.25, 0.3) is 0 Å². The molecule has 1 amide bonds. The number of para-hydroxylation sites is 1. The number of halogens is 1. The van der Waals surface area contributed by atoms with E-state index in [1.54, 1.807) is 30.0 Å². The van der Waals surface area contributed by atoms with E-state index in [2.05, 4.69) is 9.97 Å². The van der Waals surface area contributed by atoms with Crippen LogP contribution in [0.5, 0.6) is 0 Å². The smallest absolute Gasteiger partial charge is 0.263 e. The number of anilines is 1. The SMILES string of the molecule is Cc1ncc(C(=O)N2CCN(c3ccccc3F)CC2)c(=O)[nH]1. The fraction of sp³-hybridized carbons (Fsp3) is 0.312. The number of rotatable bonds is 2. The predicted molar refractivity (Wildman–Crippen MR) is 84.1 cm³/mol. The van der Waals surface area contributed by atoms with Crippen LogP contribution < -0.4 is 10.5 Å². The molecule has 1 N–H and O–H groups in total. The third-order valence-corrected chi connectivity index (χ3v) is 3.92. The van der Waals surface area contributed by atoms with Gasteiger partial charge in [0.15, 0.2) is 0 Å². The molecule has 2 aromatic rings. The molecule has 0 spiro atoms. The number of nitrogens with one attached hydrogen (secondary N) is 1. The lowest BCUT2D eigenvalue weighted by Crippen LogP contribution is -2.50. The molecule has 3 rings (SSSR count). The van der Waals surface area contributed by atoms with Gasteiger partial charge < -0.3 is 14.8 Å². The minimum absolute atomic E-state index is 0.0370. The van der Waals surface area contributed by atoms with Crippen molar-refractivity contribution < 1.29 is 9.18 Å². The normalized spacial score (nSPS) is 14.9. The molecule has 1 saturated heterocycles. The quantitative estimate of drug-likeness (QED) is 0.903. The van der Waals surface area contributed by atoms with E-state index in [0.717, 1.165) is 0 Å². The molecule has 0 bridgehead atoms. The second-order valence-corrected chi connectivity index (χ2v) is 5.44. The monoisotopic (exact) mass is 316 g/mol. The van der Waals surface area contributed by atoms with Gasteiger partial charge in [-0.25, -0.2) is 9.37 Å². The van der Waals surface area contributed by atoms with Crippen LogP contribution in [-0.2, 0) is 0 Å². The van der Waals surface area contributed by atoms with Gasteiger partial charge in [-0.3, -0.25) is 9.59 Å². The van der Waals surface area contributed by atoms with Gasteiger partial charge in [0.05, 0.1) is 5.69 Å². The third kappa shape index (κ3) is 3.08. The molecule has 0 unspecified atom stereocenters. The van der Waals surface area contributed by atoms with E-state index in [1.165, 1.54) is 12.3 Å². The van der Waals surface area contributed by atoms with Crippen molar-refractivity contribution in [3.05, 3.63) is 58.0 Å². The van der Waals surface area contributed by atoms with Gasteiger partial charge in [0.2, 0.25) is 0 Å². The Morgan fingerprint density at radius 1 is 1.22 bits per heavy atom. The summed E-state index contributed by atoms with van der Waals surface area (Å²) in [6.07, 6.45) is 1.31. The van der Waals surface area contributed by atoms with Crippen molar-refractivity contribution in [1.29, 1.82) is 0 Å². The van der Waals surface area contributed by atoms with Gasteiger partial charge in [-0.15, -0.1) is 0 Å². The van der Waals surface area contributed by atoms with Gasteiger partial charge in [-0.1, -0.05) is 12.1 Å². The second-order valence-electron chi connectivity index (χ2n) is 5.44. The van der Waals surface area contributed by atoms with E-state index in [0.29, 0.717) is 37.7 Å². The first-order valence-electron chi connectivity index (χ1n) is 7.41. The first-order valence-corrected chi connectivity index (χ1v) is 7.41. The van der Waals surface area contributed by atoms with Crippen LogP contribution in [0.4, 0.5) is 10.1 Å². The minimum atomic E-state index is -0.431. The Hall–Kier alpha value is -2.70. The number of H-pyrrole nitrogens is 1. The van der Waals surface area contributed by atoms with Gasteiger partial charge in [-0.05, 0) is 19.1 Å². The van der Waals surface area contributed by atoms with Crippen molar-refractivity contribution in [2.45, 2.75) is 6.92 Å². The summed E-state index contributed by atoms with van der Waals surface area (Å²) in [7, 11) is 0. The molecule has 0 radical (unpaired) electrons. The molecular formula is C16H17FN4O2. The molecular weight excluding hydrogens is 299 g/mol. The number of nitrogens with zero attached hydrogens (tertiary/aromatic N) is 3. The Morgan fingerprint density at radius 2 is 1.91 bits per heavy atom. The summed E-state index contributed by atoms with van der Waals surface area (Å²) in [4.78, 5) is 34.3. The molecule has 120 valence electrons. The van der Waals surface area contributed by atoms with Gasteiger partial charge in [0.25, 0.3) is 11.5 Å². The summed E-state index contributed by atoms with van der Waals surface area (Å²) in [6, 6.07) is 6.58. The Morgan fingerprint density at radius 3 is 2.57 bits per heavy atom. The molecule has 23 heavy (non-hydrogen) atoms. The highest BCUT2D eigenvalue weighted by atomic mass is 19.1. The number of hydrogen-bond acceptors (Lipinski definition) is 4. The minimum Gasteiger partial charge on any atom is -0.366 e. The summed E-state index contributed by atoms with van der Waals surface area (Å²) in [6.45, 7) is 3.55. The fourth-order valence-corrected chi connectivity index (χ4v) is 2.67. The number of aryl methyl sites for hydroxylation is 1. The maximum atomic E-state index is 13.8. The molecule has 2 heterocycles. The van der Waals surface area contributed by atoms with Crippen LogP contribution in [0, 0.1) is 12.7 Å². The molecule has 1 aliphatic rings. The molecule has 1 aromatic heterocycles. The average molecular weight is 316 g/mol. The third-order valence-electron chi connectivity index (χ3n) is 3.92. The van der Waals surface area contributed by atoms with Gasteiger partial charge >= 0.3 is 0 Å². The summed E-state index contributed by atoms with van der Waals surface area (Å²) in [5.74, 6) is -0.144. The lowest BCUT2D eigenvalue weighted by Gasteiger charge is -2.36. The lowest BCUT2D eigenvalue weighted by molar-refractivity contribution is 0.0744. The van der Waals surface area contributed by atoms with Crippen molar-refractivity contribution in [3.8, 4) is 0 Å². The molecule has 7 heteroatoms. The van der Waals surface area contributed by atoms with Crippen LogP contribution in [0.15, 0.2) is 35.3 Å². The largest absolute Gasteiger partial charge is 0.366 e. The number of aromatic nitrogens is 2. The predicted octanol–water partition coefficient (Wildman–Crippen LogP) is 1.18. The van der Waals surface area contributed by atoms with Crippen LogP contribution in [0.3, 0.4) is 0 Å². The molecule has 0 aliphatic carbocycles. The van der Waals surface area contributed by atoms with Crippen LogP contribution in [0.1, 0.15) is 16.2 Å². The molecule has 1 fully saturated rings. The molecule has 0 atom stereocenters. The molecule has 1 aromatic carbocycles. The highest BCUT2D eigenvalue weighted by molar-refractivity contribution is 5.93. The van der Waals surface area contributed by atoms with Crippen LogP contribution in [-0.4, -0.2) is 47.0 Å². The van der Waals surface area contributed by atoms with E-state index < -0.39 is 5.56 Å². The summed E-state index contributed by atoms with van der Waals surface area (Å²) >= 11 is 0. The first-order chi connectivity index (χ1) is 11.1. The van der Waals surface area contributed by atoms with Crippen molar-refractivity contribution >= 4 is 11.6 Å². The summed E-state index contributed by atoms with van der Waals surface area (Å²) < 4.78 is 13.8. The highest BCUT2D eigenvalue weighted by Gasteiger charge is 2.25. The van der Waals surface area contributed by atoms with E-state index in [-0.39, 0.29) is 17.3 Å². The number of aromatic amines is 1. The number of hydrogen-bond donors (Lipinski definition) is 1. The Bertz CT molecular complexity index is 782. The average Bonchev–Trinajstić information content (AvgIpc) is 2.55. The Labute approximate surface area is 132 Å². The van der Waals surface area contributed by atoms with E-state index >= 15 is 0 Å². The van der Waals surface area contributed by atoms with Gasteiger partial charge in [-0.2, -0.15) is 0 Å². The second kappa shape index (κ2) is 6.20. The summed E-state index contributed by atoms with van der Waals surface area (Å²) in [5.41, 5.74) is 0.142. The molecule has 0 saturated carbocycles. The van der Waals surface area contributed by atoms with E-state index in [4.69, 9.17) is 0 Å². The number of piperazine rings is 1. The van der Waals surface area contributed by atoms with Crippen molar-refractivity contribution in [1.82, 2.24) is 14.9 Å². The van der Waals surface area contributed by atoms with E-state index in [1.807, 2.05) is 4.90 Å². The van der Waals surface area contributed by atoms with Crippen LogP contribution in [0.2, 0.25) is 0 Å². The summed E-state index contributed by atoms with van der Waals surface area (Å²) in [5, 5.41) is 0. The van der Waals surface area contributed by atoms with Crippen molar-refractivity contribution in [2.24, 2.45) is 0 Å². The van der Waals surface area contributed by atoms with E-state index in [9.17, 15) is 14.0 Å². The fourth-order valence-electron chi connectivity index (χ4n) is 2.67. The number of carbonyl (C=O) groups excluding carboxylic acids is 1. The topological polar surface area (TPSA) is 69.3 Å². The van der Waals surface area contributed by atoms with Crippen molar-refractivity contribution in [3.63, 3.8) is 0 Å². The highest BCUT2D eigenvalue weighted by Crippen LogP contribution is 2.20. The number of carbonyl (C=O) groups is 1.